The van der Waals surface area contributed by atoms with Gasteiger partial charge in [-0.2, -0.15) is 0 Å². The van der Waals surface area contributed by atoms with E-state index in [1.165, 1.54) is 0 Å². The van der Waals surface area contributed by atoms with E-state index in [1.54, 1.807) is 0 Å². The quantitative estimate of drug-likeness (QED) is 0.396. The molecule has 0 radical (unpaired) electrons. The maximum Gasteiger partial charge on any atom is 0.324 e. The highest BCUT2D eigenvalue weighted by Gasteiger charge is 2.08. The molecule has 0 unspecified atom stereocenters. The van der Waals surface area contributed by atoms with Gasteiger partial charge in [0, 0.05) is 19.6 Å². The third-order valence-corrected chi connectivity index (χ3v) is 1.71. The van der Waals surface area contributed by atoms with E-state index in [9.17, 15) is 4.79 Å². The molecular formula is C6H10N4O. The molecule has 2 rings (SSSR count). The zero-order valence-electron chi connectivity index (χ0n) is 6.03. The Morgan fingerprint density at radius 3 is 3.00 bits per heavy atom. The van der Waals surface area contributed by atoms with Crippen LogP contribution in [0.25, 0.3) is 0 Å². The van der Waals surface area contributed by atoms with E-state index in [0.717, 1.165) is 31.1 Å². The lowest BCUT2D eigenvalue weighted by atomic mass is 10.4. The van der Waals surface area contributed by atoms with Crippen LogP contribution < -0.4 is 16.3 Å². The van der Waals surface area contributed by atoms with Crippen LogP contribution in [0.4, 0.5) is 5.82 Å². The third-order valence-electron chi connectivity index (χ3n) is 1.71. The van der Waals surface area contributed by atoms with Gasteiger partial charge in [0.15, 0.2) is 0 Å². The highest BCUT2D eigenvalue weighted by molar-refractivity contribution is 5.40. The number of hydrogen-bond donors (Lipinski definition) is 4. The maximum absolute atomic E-state index is 10.8. The van der Waals surface area contributed by atoms with Crippen molar-refractivity contribution < 1.29 is 0 Å². The van der Waals surface area contributed by atoms with Crippen molar-refractivity contribution in [3.63, 3.8) is 0 Å². The number of aromatic amines is 2. The molecule has 2 heterocycles. The number of hydrogen-bond acceptors (Lipinski definition) is 3. The Labute approximate surface area is 63.2 Å². The molecule has 0 spiro atoms. The molecule has 0 aliphatic carbocycles. The van der Waals surface area contributed by atoms with Crippen molar-refractivity contribution in [2.75, 3.05) is 18.4 Å². The summed E-state index contributed by atoms with van der Waals surface area (Å²) >= 11 is 0. The minimum atomic E-state index is -0.147. The number of H-pyrrole nitrogens is 2. The molecule has 4 N–H and O–H groups in total. The first kappa shape index (κ1) is 6.48. The summed E-state index contributed by atoms with van der Waals surface area (Å²) in [6.45, 7) is 2.49. The summed E-state index contributed by atoms with van der Waals surface area (Å²) < 4.78 is 0. The van der Waals surface area contributed by atoms with Gasteiger partial charge in [-0.15, -0.1) is 0 Å². The van der Waals surface area contributed by atoms with Crippen LogP contribution in [0.15, 0.2) is 4.79 Å². The molecule has 0 saturated heterocycles. The van der Waals surface area contributed by atoms with Gasteiger partial charge in [0.2, 0.25) is 0 Å². The fraction of sp³-hybridized carbons (Fsp3) is 0.500. The molecule has 0 bridgehead atoms. The fourth-order valence-corrected chi connectivity index (χ4v) is 1.19. The molecule has 1 aromatic heterocycles. The van der Waals surface area contributed by atoms with Crippen LogP contribution in [0.2, 0.25) is 0 Å². The summed E-state index contributed by atoms with van der Waals surface area (Å²) in [7, 11) is 0. The number of anilines is 1. The average molecular weight is 154 g/mol. The van der Waals surface area contributed by atoms with Crippen molar-refractivity contribution in [2.45, 2.75) is 6.54 Å². The topological polar surface area (TPSA) is 72.7 Å². The molecule has 60 valence electrons. The van der Waals surface area contributed by atoms with Gasteiger partial charge in [0.1, 0.15) is 5.82 Å². The molecule has 11 heavy (non-hydrogen) atoms. The number of aromatic nitrogens is 2. The van der Waals surface area contributed by atoms with E-state index >= 15 is 0 Å². The Bertz CT molecular complexity index is 273. The van der Waals surface area contributed by atoms with Crippen molar-refractivity contribution in [3.8, 4) is 0 Å². The lowest BCUT2D eigenvalue weighted by Crippen LogP contribution is -2.18. The zero-order chi connectivity index (χ0) is 7.68. The molecule has 5 heteroatoms. The van der Waals surface area contributed by atoms with Crippen molar-refractivity contribution in [3.05, 3.63) is 16.2 Å². The second-order valence-electron chi connectivity index (χ2n) is 2.54. The normalized spacial score (nSPS) is 16.7. The smallest absolute Gasteiger partial charge is 0.324 e. The number of rotatable bonds is 0. The van der Waals surface area contributed by atoms with Crippen molar-refractivity contribution >= 4 is 5.82 Å². The van der Waals surface area contributed by atoms with E-state index in [0.29, 0.717) is 0 Å². The SMILES string of the molecule is O=c1[nH]c2c([nH]1)NCCNC2. The second-order valence-corrected chi connectivity index (χ2v) is 2.54. The van der Waals surface area contributed by atoms with Crippen LogP contribution in [0, 0.1) is 0 Å². The first-order chi connectivity index (χ1) is 5.36. The van der Waals surface area contributed by atoms with E-state index in [-0.39, 0.29) is 5.69 Å². The molecule has 0 atom stereocenters. The number of nitrogens with one attached hydrogen (secondary N) is 4. The Hall–Kier alpha value is -1.23. The summed E-state index contributed by atoms with van der Waals surface area (Å²) in [5, 5.41) is 6.26. The Balaban J connectivity index is 2.39. The van der Waals surface area contributed by atoms with Gasteiger partial charge in [0.05, 0.1) is 5.69 Å². The lowest BCUT2D eigenvalue weighted by Gasteiger charge is -1.96. The molecule has 0 saturated carbocycles. The lowest BCUT2D eigenvalue weighted by molar-refractivity contribution is 0.712. The van der Waals surface area contributed by atoms with Crippen molar-refractivity contribution in [1.82, 2.24) is 15.3 Å². The minimum Gasteiger partial charge on any atom is -0.369 e. The minimum absolute atomic E-state index is 0.147. The summed E-state index contributed by atoms with van der Waals surface area (Å²) in [4.78, 5) is 16.2. The van der Waals surface area contributed by atoms with Crippen molar-refractivity contribution in [1.29, 1.82) is 0 Å². The molecule has 1 aliphatic heterocycles. The summed E-state index contributed by atoms with van der Waals surface area (Å²) in [6, 6.07) is 0. The monoisotopic (exact) mass is 154 g/mol. The summed E-state index contributed by atoms with van der Waals surface area (Å²) in [5.41, 5.74) is 0.763. The van der Waals surface area contributed by atoms with E-state index in [2.05, 4.69) is 20.6 Å². The highest BCUT2D eigenvalue weighted by Crippen LogP contribution is 2.07. The number of imidazole rings is 1. The van der Waals surface area contributed by atoms with Gasteiger partial charge in [-0.3, -0.25) is 4.98 Å². The van der Waals surface area contributed by atoms with E-state index in [1.807, 2.05) is 0 Å². The first-order valence-electron chi connectivity index (χ1n) is 3.62. The molecule has 0 aromatic carbocycles. The standard InChI is InChI=1S/C6H10N4O/c11-6-9-4-3-7-1-2-8-5(4)10-6/h7-8H,1-3H2,(H2,9,10,11). The van der Waals surface area contributed by atoms with Gasteiger partial charge in [-0.05, 0) is 0 Å². The fourth-order valence-electron chi connectivity index (χ4n) is 1.19. The Morgan fingerprint density at radius 2 is 2.09 bits per heavy atom. The van der Waals surface area contributed by atoms with Gasteiger partial charge in [0.25, 0.3) is 0 Å². The van der Waals surface area contributed by atoms with Crippen LogP contribution in [0.5, 0.6) is 0 Å². The predicted octanol–water partition coefficient (Wildman–Crippen LogP) is -0.782. The van der Waals surface area contributed by atoms with Gasteiger partial charge >= 0.3 is 5.69 Å². The summed E-state index contributed by atoms with van der Waals surface area (Å²) in [6.07, 6.45) is 0. The first-order valence-corrected chi connectivity index (χ1v) is 3.62. The molecule has 1 aliphatic rings. The predicted molar refractivity (Wildman–Crippen MR) is 41.6 cm³/mol. The molecule has 0 fully saturated rings. The van der Waals surface area contributed by atoms with Crippen LogP contribution >= 0.6 is 0 Å². The zero-order valence-corrected chi connectivity index (χ0v) is 6.03. The molecular weight excluding hydrogens is 144 g/mol. The van der Waals surface area contributed by atoms with Crippen molar-refractivity contribution in [2.24, 2.45) is 0 Å². The molecule has 1 aromatic rings. The highest BCUT2D eigenvalue weighted by atomic mass is 16.1. The Kier molecular flexibility index (Phi) is 1.43. The van der Waals surface area contributed by atoms with Gasteiger partial charge < -0.3 is 15.6 Å². The van der Waals surface area contributed by atoms with Crippen LogP contribution in [-0.2, 0) is 6.54 Å². The number of fused-ring (bicyclic) bond motifs is 1. The summed E-state index contributed by atoms with van der Waals surface area (Å²) in [5.74, 6) is 0.819. The maximum atomic E-state index is 10.8. The van der Waals surface area contributed by atoms with Gasteiger partial charge in [-0.1, -0.05) is 0 Å². The largest absolute Gasteiger partial charge is 0.369 e. The molecule has 0 amide bonds. The Morgan fingerprint density at radius 1 is 1.18 bits per heavy atom. The third kappa shape index (κ3) is 1.14. The van der Waals surface area contributed by atoms with Crippen LogP contribution in [0.3, 0.4) is 0 Å². The van der Waals surface area contributed by atoms with Crippen LogP contribution in [-0.4, -0.2) is 23.1 Å². The van der Waals surface area contributed by atoms with Gasteiger partial charge in [-0.25, -0.2) is 4.79 Å². The van der Waals surface area contributed by atoms with E-state index < -0.39 is 0 Å². The average Bonchev–Trinajstić information content (AvgIpc) is 2.17. The molecule has 5 nitrogen and oxygen atoms in total. The van der Waals surface area contributed by atoms with Crippen LogP contribution in [0.1, 0.15) is 5.69 Å². The van der Waals surface area contributed by atoms with E-state index in [4.69, 9.17) is 0 Å². The second kappa shape index (κ2) is 2.43.